The van der Waals surface area contributed by atoms with Crippen LogP contribution in [0.4, 0.5) is 8.78 Å². The van der Waals surface area contributed by atoms with Crippen molar-refractivity contribution in [2.45, 2.75) is 31.8 Å². The Morgan fingerprint density at radius 3 is 1.49 bits per heavy atom. The summed E-state index contributed by atoms with van der Waals surface area (Å²) < 4.78 is 62.1. The highest BCUT2D eigenvalue weighted by molar-refractivity contribution is 6.40. The van der Waals surface area contributed by atoms with Gasteiger partial charge in [0, 0.05) is 40.9 Å². The van der Waals surface area contributed by atoms with Gasteiger partial charge in [0.25, 0.3) is 5.90 Å². The Balaban J connectivity index is 0.000000296. The van der Waals surface area contributed by atoms with Gasteiger partial charge in [0.1, 0.15) is 31.0 Å². The highest BCUT2D eigenvalue weighted by atomic mass is 35.5. The summed E-state index contributed by atoms with van der Waals surface area (Å²) in [6, 6.07) is 29.7. The number of carbonyl (C=O) groups is 3. The average molecular weight is 1030 g/mol. The second-order valence-corrected chi connectivity index (χ2v) is 16.2. The van der Waals surface area contributed by atoms with E-state index in [1.807, 2.05) is 0 Å². The minimum Gasteiger partial charge on any atom is -0.486 e. The summed E-state index contributed by atoms with van der Waals surface area (Å²) in [5, 5.41) is 21.1. The molecule has 20 heteroatoms. The van der Waals surface area contributed by atoms with E-state index >= 15 is 0 Å². The van der Waals surface area contributed by atoms with Gasteiger partial charge in [0.05, 0.1) is 37.8 Å². The van der Waals surface area contributed by atoms with Crippen molar-refractivity contribution in [1.29, 1.82) is 0 Å². The SMILES string of the molecule is C.NC[C@H]1COc2cc(F)cc(-c3c(Cl)cccc3Cl)c2O1.O=C(O[C@H](C(=O)O)[C@H](OC(=O)c1ccccc1)C(=NC[C@H]1COc2cc(F)cc(-c3c(Cl)cccc3Cl)c2O1)OO)c1ccccc1. The Kier molecular flexibility index (Phi) is 17.7. The summed E-state index contributed by atoms with van der Waals surface area (Å²) in [5.41, 5.74) is 7.08. The van der Waals surface area contributed by atoms with Crippen LogP contribution in [0.25, 0.3) is 22.3 Å². The lowest BCUT2D eigenvalue weighted by Gasteiger charge is -2.28. The molecular formula is C49H40Cl4F2N2O12. The third kappa shape index (κ3) is 12.3. The molecule has 2 aliphatic rings. The number of carbonyl (C=O) groups excluding carboxylic acids is 2. The Hall–Kier alpha value is -6.66. The van der Waals surface area contributed by atoms with Crippen molar-refractivity contribution in [3.8, 4) is 45.3 Å². The van der Waals surface area contributed by atoms with Crippen molar-refractivity contribution in [3.63, 3.8) is 0 Å². The van der Waals surface area contributed by atoms with E-state index in [-0.39, 0.29) is 77.1 Å². The van der Waals surface area contributed by atoms with Crippen LogP contribution >= 0.6 is 46.4 Å². The van der Waals surface area contributed by atoms with Crippen LogP contribution in [0.5, 0.6) is 23.0 Å². The van der Waals surface area contributed by atoms with E-state index in [0.29, 0.717) is 39.2 Å². The van der Waals surface area contributed by atoms with Gasteiger partial charge in [-0.3, -0.25) is 0 Å². The second kappa shape index (κ2) is 23.6. The van der Waals surface area contributed by atoms with Crippen LogP contribution in [0.15, 0.2) is 126 Å². The van der Waals surface area contributed by atoms with E-state index < -0.39 is 53.8 Å². The third-order valence-corrected chi connectivity index (χ3v) is 11.2. The summed E-state index contributed by atoms with van der Waals surface area (Å²) in [6.45, 7) is 0.0318. The predicted octanol–water partition coefficient (Wildman–Crippen LogP) is 10.9. The lowest BCUT2D eigenvalue weighted by Crippen LogP contribution is -2.47. The average Bonchev–Trinajstić information content (AvgIpc) is 3.33. The monoisotopic (exact) mass is 1030 g/mol. The zero-order valence-corrected chi connectivity index (χ0v) is 38.0. The Morgan fingerprint density at radius 1 is 0.652 bits per heavy atom. The lowest BCUT2D eigenvalue weighted by atomic mass is 10.0. The number of nitrogens with zero attached hydrogens (tertiary/aromatic N) is 1. The molecule has 0 aliphatic carbocycles. The molecule has 0 unspecified atom stereocenters. The van der Waals surface area contributed by atoms with Crippen molar-refractivity contribution >= 4 is 70.2 Å². The zero-order chi connectivity index (χ0) is 48.5. The number of fused-ring (bicyclic) bond motifs is 2. The van der Waals surface area contributed by atoms with Crippen molar-refractivity contribution in [2.75, 3.05) is 26.3 Å². The number of esters is 2. The highest BCUT2D eigenvalue weighted by Gasteiger charge is 2.42. The molecule has 69 heavy (non-hydrogen) atoms. The fourth-order valence-electron chi connectivity index (χ4n) is 6.81. The smallest absolute Gasteiger partial charge is 0.349 e. The van der Waals surface area contributed by atoms with Crippen LogP contribution in [0.3, 0.4) is 0 Å². The largest absolute Gasteiger partial charge is 0.486 e. The summed E-state index contributed by atoms with van der Waals surface area (Å²) >= 11 is 25.1. The highest BCUT2D eigenvalue weighted by Crippen LogP contribution is 2.48. The topological polar surface area (TPSA) is 195 Å². The van der Waals surface area contributed by atoms with Gasteiger partial charge < -0.3 is 44.1 Å². The van der Waals surface area contributed by atoms with Gasteiger partial charge in [-0.25, -0.2) is 33.4 Å². The van der Waals surface area contributed by atoms with E-state index in [0.717, 1.165) is 6.07 Å². The summed E-state index contributed by atoms with van der Waals surface area (Å²) in [6.07, 6.45) is -5.51. The molecule has 4 N–H and O–H groups in total. The zero-order valence-electron chi connectivity index (χ0n) is 35.0. The maximum atomic E-state index is 14.5. The number of aliphatic carboxylic acids is 1. The first-order chi connectivity index (χ1) is 32.8. The second-order valence-electron chi connectivity index (χ2n) is 14.6. The van der Waals surface area contributed by atoms with Crippen LogP contribution in [0, 0.1) is 11.6 Å². The first-order valence-corrected chi connectivity index (χ1v) is 21.7. The van der Waals surface area contributed by atoms with Crippen molar-refractivity contribution in [2.24, 2.45) is 10.7 Å². The number of halogens is 6. The number of carboxylic acid groups (broad SMARTS) is 1. The maximum absolute atomic E-state index is 14.5. The first-order valence-electron chi connectivity index (χ1n) is 20.2. The molecule has 6 aromatic carbocycles. The van der Waals surface area contributed by atoms with Crippen LogP contribution in [-0.2, 0) is 19.2 Å². The minimum absolute atomic E-state index is 0. The molecule has 0 aromatic heterocycles. The molecule has 2 heterocycles. The summed E-state index contributed by atoms with van der Waals surface area (Å²) in [7, 11) is 0. The summed E-state index contributed by atoms with van der Waals surface area (Å²) in [4.78, 5) is 46.7. The Labute approximate surface area is 413 Å². The molecule has 360 valence electrons. The number of rotatable bonds is 12. The molecule has 0 bridgehead atoms. The van der Waals surface area contributed by atoms with E-state index in [2.05, 4.69) is 9.88 Å². The van der Waals surface area contributed by atoms with Crippen LogP contribution in [0.2, 0.25) is 20.1 Å². The standard InChI is InChI=1S/C33H24Cl2FNO10.C15H12Cl2FNO2.CH4/c34-23-12-7-13-24(35)26(23)22-14-20(36)15-25-27(22)44-21(17-43-25)16-37-30(47-42)28(45-32(40)18-8-3-1-4-9-18)29(31(38)39)46-33(41)19-10-5-2-6-11-19;16-11-2-1-3-12(17)14(11)10-4-8(18)5-13-15(10)21-9(6-19)7-20-13;/h1-15,21,28-29,42H,16-17H2,(H,38,39);1-5,9H,6-7,19H2;1H4/t21-,28-,29-;9-;/m00./s1. The van der Waals surface area contributed by atoms with E-state index in [1.54, 1.807) is 60.7 Å². The molecule has 4 atom stereocenters. The van der Waals surface area contributed by atoms with E-state index in [9.17, 15) is 33.5 Å². The van der Waals surface area contributed by atoms with Crippen molar-refractivity contribution in [3.05, 3.63) is 164 Å². The molecule has 0 spiro atoms. The molecule has 8 rings (SSSR count). The molecule has 0 amide bonds. The number of carboxylic acids is 1. The van der Waals surface area contributed by atoms with Gasteiger partial charge in [-0.05, 0) is 60.7 Å². The molecule has 0 radical (unpaired) electrons. The molecule has 6 aromatic rings. The van der Waals surface area contributed by atoms with Gasteiger partial charge in [-0.1, -0.05) is 102 Å². The maximum Gasteiger partial charge on any atom is 0.349 e. The molecule has 14 nitrogen and oxygen atoms in total. The number of ether oxygens (including phenoxy) is 6. The fourth-order valence-corrected chi connectivity index (χ4v) is 8.01. The Bertz CT molecular complexity index is 2800. The number of nitrogens with two attached hydrogens (primary N) is 1. The molecule has 2 aliphatic heterocycles. The quantitative estimate of drug-likeness (QED) is 0.0345. The summed E-state index contributed by atoms with van der Waals surface area (Å²) in [5.74, 6) is -4.86. The van der Waals surface area contributed by atoms with E-state index in [1.165, 1.54) is 54.6 Å². The normalized spacial score (nSPS) is 15.5. The molecule has 0 saturated carbocycles. The van der Waals surface area contributed by atoms with Crippen LogP contribution < -0.4 is 24.7 Å². The third-order valence-electron chi connectivity index (χ3n) is 9.98. The van der Waals surface area contributed by atoms with E-state index in [4.69, 9.17) is 80.6 Å². The van der Waals surface area contributed by atoms with Crippen LogP contribution in [-0.4, -0.2) is 84.9 Å². The van der Waals surface area contributed by atoms with Crippen molar-refractivity contribution < 1.29 is 66.8 Å². The molecular weight excluding hydrogens is 988 g/mol. The van der Waals surface area contributed by atoms with Gasteiger partial charge in [0.15, 0.2) is 29.1 Å². The minimum atomic E-state index is -2.22. The number of benzene rings is 6. The number of hydrogen-bond acceptors (Lipinski definition) is 13. The van der Waals surface area contributed by atoms with Gasteiger partial charge in [0.2, 0.25) is 12.2 Å². The molecule has 0 fully saturated rings. The van der Waals surface area contributed by atoms with Gasteiger partial charge in [-0.15, -0.1) is 0 Å². The first kappa shape index (κ1) is 51.7. The molecule has 0 saturated heterocycles. The lowest BCUT2D eigenvalue weighted by molar-refractivity contribution is -0.172. The number of hydrogen-bond donors (Lipinski definition) is 3. The van der Waals surface area contributed by atoms with Gasteiger partial charge >= 0.3 is 17.9 Å². The van der Waals surface area contributed by atoms with Crippen molar-refractivity contribution in [1.82, 2.24) is 0 Å². The van der Waals surface area contributed by atoms with Gasteiger partial charge in [-0.2, -0.15) is 0 Å². The Morgan fingerprint density at radius 2 is 1.07 bits per heavy atom. The number of aliphatic imine (C=N–C) groups is 1. The predicted molar refractivity (Wildman–Crippen MR) is 254 cm³/mol. The fraction of sp³-hybridized carbons (Fsp3) is 0.184. The van der Waals surface area contributed by atoms with Crippen LogP contribution in [0.1, 0.15) is 28.1 Å².